The van der Waals surface area contributed by atoms with Gasteiger partial charge in [-0.1, -0.05) is 47.1 Å². The Balaban J connectivity index is 2.17. The maximum Gasteiger partial charge on any atom is 0.122 e. The molecule has 0 radical (unpaired) electrons. The molecule has 1 aromatic carbocycles. The minimum absolute atomic E-state index is 0.352. The van der Waals surface area contributed by atoms with E-state index in [2.05, 4.69) is 46.8 Å². The predicted molar refractivity (Wildman–Crippen MR) is 93.9 cm³/mol. The lowest BCUT2D eigenvalue weighted by molar-refractivity contribution is 0.0404. The highest BCUT2D eigenvalue weighted by atomic mass is 16.5. The van der Waals surface area contributed by atoms with Gasteiger partial charge < -0.3 is 4.74 Å². The van der Waals surface area contributed by atoms with Crippen LogP contribution in [0, 0.1) is 11.3 Å². The van der Waals surface area contributed by atoms with Gasteiger partial charge in [0.1, 0.15) is 5.75 Å². The number of ether oxygens (including phenoxy) is 1. The SMILES string of the molecule is COc1ccc2c(c1C(C)C)CC[C@H]1C(C)(C)CCC[C@]21C. The summed E-state index contributed by atoms with van der Waals surface area (Å²) < 4.78 is 5.68. The van der Waals surface area contributed by atoms with E-state index in [1.807, 2.05) is 7.11 Å². The molecule has 0 unspecified atom stereocenters. The van der Waals surface area contributed by atoms with Crippen LogP contribution < -0.4 is 4.74 Å². The molecule has 0 bridgehead atoms. The molecule has 1 fully saturated rings. The van der Waals surface area contributed by atoms with Gasteiger partial charge in [-0.25, -0.2) is 0 Å². The van der Waals surface area contributed by atoms with Gasteiger partial charge in [0.2, 0.25) is 0 Å². The molecule has 3 rings (SSSR count). The molecule has 122 valence electrons. The van der Waals surface area contributed by atoms with Crippen molar-refractivity contribution in [1.29, 1.82) is 0 Å². The average Bonchev–Trinajstić information content (AvgIpc) is 2.44. The van der Waals surface area contributed by atoms with E-state index in [9.17, 15) is 0 Å². The normalized spacial score (nSPS) is 29.9. The first-order valence-corrected chi connectivity index (χ1v) is 9.01. The smallest absolute Gasteiger partial charge is 0.122 e. The second-order valence-corrected chi connectivity index (χ2v) is 8.71. The van der Waals surface area contributed by atoms with Crippen LogP contribution in [-0.4, -0.2) is 7.11 Å². The maximum absolute atomic E-state index is 5.68. The van der Waals surface area contributed by atoms with Gasteiger partial charge in [0.05, 0.1) is 7.11 Å². The first-order chi connectivity index (χ1) is 10.3. The largest absolute Gasteiger partial charge is 0.496 e. The quantitative estimate of drug-likeness (QED) is 0.666. The molecule has 22 heavy (non-hydrogen) atoms. The fourth-order valence-corrected chi connectivity index (χ4v) is 5.70. The van der Waals surface area contributed by atoms with Gasteiger partial charge in [0.15, 0.2) is 0 Å². The monoisotopic (exact) mass is 300 g/mol. The molecule has 1 nitrogen and oxygen atoms in total. The van der Waals surface area contributed by atoms with Gasteiger partial charge in [0.25, 0.3) is 0 Å². The Hall–Kier alpha value is -0.980. The minimum atomic E-state index is 0.352. The third kappa shape index (κ3) is 2.20. The molecule has 0 N–H and O–H groups in total. The lowest BCUT2D eigenvalue weighted by Crippen LogP contribution is -2.48. The number of benzene rings is 1. The predicted octanol–water partition coefficient (Wildman–Crippen LogP) is 5.85. The molecule has 2 aliphatic carbocycles. The summed E-state index contributed by atoms with van der Waals surface area (Å²) in [4.78, 5) is 0. The second kappa shape index (κ2) is 5.28. The summed E-state index contributed by atoms with van der Waals surface area (Å²) in [5.41, 5.74) is 5.52. The fraction of sp³-hybridized carbons (Fsp3) is 0.714. The lowest BCUT2D eigenvalue weighted by atomic mass is 9.50. The number of fused-ring (bicyclic) bond motifs is 3. The molecular formula is C21H32O. The Morgan fingerprint density at radius 3 is 2.50 bits per heavy atom. The van der Waals surface area contributed by atoms with Gasteiger partial charge in [-0.2, -0.15) is 0 Å². The summed E-state index contributed by atoms with van der Waals surface area (Å²) in [5.74, 6) is 2.43. The minimum Gasteiger partial charge on any atom is -0.496 e. The van der Waals surface area contributed by atoms with Crippen LogP contribution in [0.15, 0.2) is 12.1 Å². The van der Waals surface area contributed by atoms with Gasteiger partial charge in [0, 0.05) is 5.56 Å². The van der Waals surface area contributed by atoms with E-state index in [4.69, 9.17) is 4.74 Å². The summed E-state index contributed by atoms with van der Waals surface area (Å²) in [6.07, 6.45) is 6.66. The number of hydrogen-bond acceptors (Lipinski definition) is 1. The van der Waals surface area contributed by atoms with Crippen LogP contribution in [0.2, 0.25) is 0 Å². The maximum atomic E-state index is 5.68. The first-order valence-electron chi connectivity index (χ1n) is 9.01. The van der Waals surface area contributed by atoms with E-state index in [-0.39, 0.29) is 0 Å². The molecule has 0 heterocycles. The zero-order valence-corrected chi connectivity index (χ0v) is 15.3. The van der Waals surface area contributed by atoms with Crippen molar-refractivity contribution in [3.63, 3.8) is 0 Å². The van der Waals surface area contributed by atoms with E-state index >= 15 is 0 Å². The lowest BCUT2D eigenvalue weighted by Gasteiger charge is -2.54. The Labute approximate surface area is 136 Å². The molecule has 0 aromatic heterocycles. The van der Waals surface area contributed by atoms with Crippen LogP contribution in [0.25, 0.3) is 0 Å². The van der Waals surface area contributed by atoms with Crippen LogP contribution in [0.4, 0.5) is 0 Å². The number of hydrogen-bond donors (Lipinski definition) is 0. The number of methoxy groups -OCH3 is 1. The topological polar surface area (TPSA) is 9.23 Å². The zero-order chi connectivity index (χ0) is 16.1. The molecule has 2 atom stereocenters. The molecule has 1 heteroatoms. The van der Waals surface area contributed by atoms with E-state index in [0.717, 1.165) is 11.7 Å². The van der Waals surface area contributed by atoms with Crippen LogP contribution in [0.5, 0.6) is 5.75 Å². The standard InChI is InChI=1S/C21H32O/c1-14(2)19-15-8-11-18-20(3,4)12-7-13-21(18,5)16(15)9-10-17(19)22-6/h9-10,14,18H,7-8,11-13H2,1-6H3/t18-,21+/m0/s1. The highest BCUT2D eigenvalue weighted by Crippen LogP contribution is 2.58. The third-order valence-corrected chi connectivity index (χ3v) is 6.64. The molecule has 1 saturated carbocycles. The van der Waals surface area contributed by atoms with E-state index in [0.29, 0.717) is 16.7 Å². The van der Waals surface area contributed by atoms with Crippen molar-refractivity contribution >= 4 is 0 Å². The molecular weight excluding hydrogens is 268 g/mol. The van der Waals surface area contributed by atoms with Gasteiger partial charge in [-0.15, -0.1) is 0 Å². The summed E-state index contributed by atoms with van der Waals surface area (Å²) in [6, 6.07) is 4.61. The molecule has 0 aliphatic heterocycles. The highest BCUT2D eigenvalue weighted by Gasteiger charge is 2.50. The molecule has 0 spiro atoms. The highest BCUT2D eigenvalue weighted by molar-refractivity contribution is 5.51. The Morgan fingerprint density at radius 1 is 1.14 bits per heavy atom. The van der Waals surface area contributed by atoms with Crippen molar-refractivity contribution in [2.24, 2.45) is 11.3 Å². The van der Waals surface area contributed by atoms with Crippen LogP contribution in [0.3, 0.4) is 0 Å². The van der Waals surface area contributed by atoms with Gasteiger partial charge in [-0.05, 0) is 65.5 Å². The summed E-state index contributed by atoms with van der Waals surface area (Å²) in [7, 11) is 1.81. The molecule has 2 aliphatic rings. The summed E-state index contributed by atoms with van der Waals surface area (Å²) >= 11 is 0. The van der Waals surface area contributed by atoms with Gasteiger partial charge in [-0.3, -0.25) is 0 Å². The molecule has 0 amide bonds. The van der Waals surface area contributed by atoms with E-state index in [1.165, 1.54) is 37.7 Å². The Kier molecular flexibility index (Phi) is 3.82. The van der Waals surface area contributed by atoms with Crippen LogP contribution >= 0.6 is 0 Å². The summed E-state index contributed by atoms with van der Waals surface area (Å²) in [6.45, 7) is 12.1. The van der Waals surface area contributed by atoms with E-state index < -0.39 is 0 Å². The zero-order valence-electron chi connectivity index (χ0n) is 15.3. The first kappa shape index (κ1) is 15.9. The van der Waals surface area contributed by atoms with Crippen molar-refractivity contribution in [2.45, 2.75) is 78.1 Å². The van der Waals surface area contributed by atoms with Crippen molar-refractivity contribution in [3.8, 4) is 5.75 Å². The average molecular weight is 300 g/mol. The second-order valence-electron chi connectivity index (χ2n) is 8.71. The van der Waals surface area contributed by atoms with Crippen molar-refractivity contribution < 1.29 is 4.74 Å². The Morgan fingerprint density at radius 2 is 1.86 bits per heavy atom. The third-order valence-electron chi connectivity index (χ3n) is 6.64. The fourth-order valence-electron chi connectivity index (χ4n) is 5.70. The number of rotatable bonds is 2. The van der Waals surface area contributed by atoms with E-state index in [1.54, 1.807) is 11.1 Å². The Bertz CT molecular complexity index is 570. The van der Waals surface area contributed by atoms with Crippen LogP contribution in [-0.2, 0) is 11.8 Å². The van der Waals surface area contributed by atoms with Crippen LogP contribution in [0.1, 0.15) is 82.9 Å². The van der Waals surface area contributed by atoms with Crippen molar-refractivity contribution in [3.05, 3.63) is 28.8 Å². The van der Waals surface area contributed by atoms with Crippen molar-refractivity contribution in [2.75, 3.05) is 7.11 Å². The van der Waals surface area contributed by atoms with Crippen molar-refractivity contribution in [1.82, 2.24) is 0 Å². The van der Waals surface area contributed by atoms with Gasteiger partial charge >= 0.3 is 0 Å². The summed E-state index contributed by atoms with van der Waals surface area (Å²) in [5, 5.41) is 0. The molecule has 1 aromatic rings. The molecule has 0 saturated heterocycles.